The van der Waals surface area contributed by atoms with Crippen LogP contribution in [0, 0.1) is 27.3 Å². The Bertz CT molecular complexity index is 2440. The van der Waals surface area contributed by atoms with Crippen molar-refractivity contribution in [3.05, 3.63) is 92.9 Å². The molecule has 0 aliphatic carbocycles. The third-order valence-electron chi connectivity index (χ3n) is 11.1. The molecule has 12 nitrogen and oxygen atoms in total. The first-order valence-corrected chi connectivity index (χ1v) is 28.9. The van der Waals surface area contributed by atoms with Crippen molar-refractivity contribution in [2.24, 2.45) is 5.92 Å². The molecule has 0 saturated carbocycles. The predicted octanol–water partition coefficient (Wildman–Crippen LogP) is 11.1. The quantitative estimate of drug-likeness (QED) is 0.0232. The number of aliphatic carboxylic acids is 2. The first-order valence-electron chi connectivity index (χ1n) is 19.3. The molecule has 2 aliphatic heterocycles. The molecule has 0 amide bonds. The highest BCUT2D eigenvalue weighted by atomic mass is 127. The summed E-state index contributed by atoms with van der Waals surface area (Å²) in [6, 6.07) is 3.94. The summed E-state index contributed by atoms with van der Waals surface area (Å²) in [5, 5.41) is 19.9. The van der Waals surface area contributed by atoms with E-state index in [9.17, 15) is 45.7 Å². The van der Waals surface area contributed by atoms with E-state index in [0.29, 0.717) is 49.2 Å². The summed E-state index contributed by atoms with van der Waals surface area (Å²) in [5.74, 6) is -3.87. The number of nitrogens with zero attached hydrogens (tertiary/aromatic N) is 2. The Kier molecular flexibility index (Phi) is 19.9. The van der Waals surface area contributed by atoms with Gasteiger partial charge in [-0.25, -0.2) is 0 Å². The Hall–Kier alpha value is 0.0100. The van der Waals surface area contributed by atoms with Crippen molar-refractivity contribution in [3.63, 3.8) is 0 Å². The Morgan fingerprint density at radius 2 is 1.39 bits per heavy atom. The molecule has 0 fully saturated rings. The van der Waals surface area contributed by atoms with Crippen molar-refractivity contribution in [1.82, 2.24) is 0 Å². The van der Waals surface area contributed by atoms with Crippen LogP contribution in [0.3, 0.4) is 0 Å². The minimum absolute atomic E-state index is 0.0932. The molecule has 0 saturated heterocycles. The smallest absolute Gasteiger partial charge is 0.307 e. The van der Waals surface area contributed by atoms with E-state index in [1.54, 1.807) is 24.3 Å². The zero-order valence-corrected chi connectivity index (χ0v) is 48.1. The number of fused-ring (bicyclic) bond motifs is 2. The Morgan fingerprint density at radius 3 is 1.98 bits per heavy atom. The molecule has 4 rings (SSSR count). The van der Waals surface area contributed by atoms with Gasteiger partial charge in [-0.15, -0.1) is 0 Å². The number of carboxylic acids is 2. The molecule has 2 aromatic rings. The van der Waals surface area contributed by atoms with Crippen LogP contribution in [-0.4, -0.2) is 76.6 Å². The van der Waals surface area contributed by atoms with E-state index in [1.165, 1.54) is 4.90 Å². The fourth-order valence-electron chi connectivity index (χ4n) is 8.28. The number of halogens is 6. The molecular weight excluding hydrogens is 1510 g/mol. The Morgan fingerprint density at radius 1 is 0.787 bits per heavy atom. The highest BCUT2D eigenvalue weighted by Gasteiger charge is 2.54. The number of hydrogen-bond acceptors (Lipinski definition) is 7. The van der Waals surface area contributed by atoms with Gasteiger partial charge >= 0.3 is 11.9 Å². The number of carbonyl (C=O) groups is 2. The first-order chi connectivity index (χ1) is 28.4. The molecule has 0 aromatic heterocycles. The first kappa shape index (κ1) is 53.6. The summed E-state index contributed by atoms with van der Waals surface area (Å²) in [6.45, 7) is 6.33. The van der Waals surface area contributed by atoms with E-state index in [4.69, 9.17) is 0 Å². The summed E-state index contributed by atoms with van der Waals surface area (Å²) in [5.41, 5.74) is 3.05. The molecule has 20 heteroatoms. The molecule has 0 radical (unpaired) electrons. The van der Waals surface area contributed by atoms with Gasteiger partial charge in [-0.2, -0.15) is 21.4 Å². The monoisotopic (exact) mass is 1550 g/mol. The molecule has 2 aromatic carbocycles. The van der Waals surface area contributed by atoms with E-state index in [-0.39, 0.29) is 12.8 Å². The normalized spacial score (nSPS) is 20.5. The van der Waals surface area contributed by atoms with Gasteiger partial charge in [0.25, 0.3) is 20.2 Å². The van der Waals surface area contributed by atoms with Gasteiger partial charge in [0.2, 0.25) is 5.69 Å². The highest BCUT2D eigenvalue weighted by molar-refractivity contribution is 14.1. The van der Waals surface area contributed by atoms with Crippen molar-refractivity contribution in [2.45, 2.75) is 89.4 Å². The lowest BCUT2D eigenvalue weighted by Gasteiger charge is -2.35. The zero-order valence-electron chi connectivity index (χ0n) is 33.5. The second-order valence-electron chi connectivity index (χ2n) is 15.3. The van der Waals surface area contributed by atoms with E-state index in [1.807, 2.05) is 38.1 Å². The maximum atomic E-state index is 13.1. The third-order valence-corrected chi connectivity index (χ3v) is 22.7. The predicted molar refractivity (Wildman–Crippen MR) is 290 cm³/mol. The third kappa shape index (κ3) is 12.9. The summed E-state index contributed by atoms with van der Waals surface area (Å²) in [4.78, 5) is 25.8. The topological polar surface area (TPSA) is 190 Å². The van der Waals surface area contributed by atoms with E-state index < -0.39 is 60.6 Å². The van der Waals surface area contributed by atoms with Crippen molar-refractivity contribution in [2.75, 3.05) is 23.1 Å². The number of unbranched alkanes of at least 4 members (excludes halogenated alkanes) is 3. The van der Waals surface area contributed by atoms with Gasteiger partial charge in [-0.3, -0.25) is 18.7 Å². The molecule has 4 N–H and O–H groups in total. The summed E-state index contributed by atoms with van der Waals surface area (Å²) in [7, 11) is -8.73. The fourth-order valence-corrected chi connectivity index (χ4v) is 14.7. The maximum absolute atomic E-state index is 13.1. The fraction of sp³-hybridized carbons (Fsp3) is 0.439. The van der Waals surface area contributed by atoms with Gasteiger partial charge in [-0.05, 0) is 181 Å². The molecule has 3 unspecified atom stereocenters. The lowest BCUT2D eigenvalue weighted by Crippen LogP contribution is -2.41. The van der Waals surface area contributed by atoms with Crippen molar-refractivity contribution >= 4 is 185 Å². The molecule has 0 bridgehead atoms. The van der Waals surface area contributed by atoms with Crippen LogP contribution < -0.4 is 4.90 Å². The highest BCUT2D eigenvalue weighted by Crippen LogP contribution is 2.56. The van der Waals surface area contributed by atoms with Crippen LogP contribution in [0.15, 0.2) is 60.4 Å². The minimum atomic E-state index is -4.54. The van der Waals surface area contributed by atoms with Gasteiger partial charge in [0, 0.05) is 68.8 Å². The SMILES string of the molecule is CCCCC(C(=O)O)C1(C)/C(=C/C=C/C=C/C=C/C2=[N+](CCCS(=O)(=O)O)c3cc(I)c(I)c(I)c3C2(C)CCCCCC(=O)O)N(CS(=O)(=O)O)c2cc(I)c(I)c(I)c21. The molecule has 2 aliphatic rings. The number of hydrogen-bond donors (Lipinski definition) is 4. The lowest BCUT2D eigenvalue weighted by molar-refractivity contribution is -0.437. The summed E-state index contributed by atoms with van der Waals surface area (Å²) < 4.78 is 76.2. The number of benzene rings is 2. The largest absolute Gasteiger partial charge is 0.481 e. The molecule has 3 atom stereocenters. The van der Waals surface area contributed by atoms with Crippen LogP contribution in [0.5, 0.6) is 0 Å². The van der Waals surface area contributed by atoms with Crippen LogP contribution in [0.1, 0.15) is 89.7 Å². The molecule has 0 spiro atoms. The van der Waals surface area contributed by atoms with Crippen LogP contribution in [0.2, 0.25) is 0 Å². The minimum Gasteiger partial charge on any atom is -0.481 e. The van der Waals surface area contributed by atoms with Gasteiger partial charge < -0.3 is 15.1 Å². The second-order valence-corrected chi connectivity index (χ2v) is 24.9. The molecular formula is C41H47I6N2O10S2+. The van der Waals surface area contributed by atoms with Crippen molar-refractivity contribution < 1.29 is 50.3 Å². The van der Waals surface area contributed by atoms with E-state index in [2.05, 4.69) is 153 Å². The Balaban J connectivity index is 1.80. The average molecular weight is 1550 g/mol. The van der Waals surface area contributed by atoms with Gasteiger partial charge in [0.1, 0.15) is 6.54 Å². The van der Waals surface area contributed by atoms with Gasteiger partial charge in [0.05, 0.1) is 22.6 Å². The molecule has 61 heavy (non-hydrogen) atoms. The van der Waals surface area contributed by atoms with Crippen LogP contribution in [-0.2, 0) is 40.7 Å². The van der Waals surface area contributed by atoms with Crippen LogP contribution in [0.25, 0.3) is 0 Å². The second kappa shape index (κ2) is 22.7. The van der Waals surface area contributed by atoms with Gasteiger partial charge in [-0.1, -0.05) is 63.0 Å². The molecule has 2 heterocycles. The Labute approximate surface area is 440 Å². The molecule has 334 valence electrons. The maximum Gasteiger partial charge on any atom is 0.307 e. The number of carboxylic acid groups (broad SMARTS) is 2. The summed E-state index contributed by atoms with van der Waals surface area (Å²) >= 11 is 13.6. The number of anilines is 1. The lowest BCUT2D eigenvalue weighted by atomic mass is 9.69. The van der Waals surface area contributed by atoms with Crippen molar-refractivity contribution in [3.8, 4) is 0 Å². The number of allylic oxidation sites excluding steroid dienone is 8. The standard InChI is InChI=1S/C41H46I6N2O10S2/c1-4-5-15-25(39(52)53)41(3)31(49(24-61(57,58)59)29-23-27(43)36(45)38(47)34(29)41)17-11-8-6-7-10-16-30-40(2,19-13-9-12-18-32(50)51)33-28(22-26(42)35(44)37(33)46)48(30)20-14-21-60(54,55)56/h6-8,10-11,16-17,22-23,25H,4-5,9,12-15,18-21,24H2,1-3H3,(H3-,50,51,52,53,54,55,56,57,58,59)/p+1. The van der Waals surface area contributed by atoms with E-state index in [0.717, 1.165) is 57.6 Å². The number of rotatable bonds is 21. The average Bonchev–Trinajstić information content (AvgIpc) is 3.50. The van der Waals surface area contributed by atoms with Gasteiger partial charge in [0.15, 0.2) is 11.6 Å². The van der Waals surface area contributed by atoms with E-state index >= 15 is 0 Å². The van der Waals surface area contributed by atoms with Crippen LogP contribution >= 0.6 is 136 Å². The zero-order chi connectivity index (χ0) is 45.7. The van der Waals surface area contributed by atoms with Crippen molar-refractivity contribution in [1.29, 1.82) is 0 Å². The summed E-state index contributed by atoms with van der Waals surface area (Å²) in [6.07, 6.45) is 17.6. The van der Waals surface area contributed by atoms with Crippen LogP contribution in [0.4, 0.5) is 11.4 Å².